The number of amides is 1. The Bertz CT molecular complexity index is 768. The Labute approximate surface area is 161 Å². The number of morpholine rings is 1. The van der Waals surface area contributed by atoms with Crippen molar-refractivity contribution in [1.82, 2.24) is 4.90 Å². The van der Waals surface area contributed by atoms with Gasteiger partial charge in [0.2, 0.25) is 0 Å². The zero-order valence-electron chi connectivity index (χ0n) is 16.4. The van der Waals surface area contributed by atoms with Gasteiger partial charge < -0.3 is 19.3 Å². The first kappa shape index (κ1) is 19.2. The molecule has 0 spiro atoms. The molecule has 0 atom stereocenters. The predicted molar refractivity (Wildman–Crippen MR) is 107 cm³/mol. The monoisotopic (exact) mass is 368 g/mol. The molecule has 0 unspecified atom stereocenters. The lowest BCUT2D eigenvalue weighted by atomic mass is 10.1. The number of aryl methyl sites for hydroxylation is 1. The summed E-state index contributed by atoms with van der Waals surface area (Å²) in [4.78, 5) is 16.4. The first-order valence-corrected chi connectivity index (χ1v) is 9.39. The maximum Gasteiger partial charge on any atom is 0.260 e. The Morgan fingerprint density at radius 1 is 1.11 bits per heavy atom. The highest BCUT2D eigenvalue weighted by Crippen LogP contribution is 2.21. The van der Waals surface area contributed by atoms with Gasteiger partial charge in [-0.3, -0.25) is 4.79 Å². The maximum atomic E-state index is 12.4. The number of anilines is 1. The first-order valence-electron chi connectivity index (χ1n) is 9.39. The van der Waals surface area contributed by atoms with Gasteiger partial charge in [0.05, 0.1) is 13.2 Å². The SMILES string of the molecule is Cc1cccc(OCC(=O)N(C)Cc2ccc(N3CCOCC3)cc2)c1C. The van der Waals surface area contributed by atoms with Crippen LogP contribution in [-0.4, -0.2) is 50.8 Å². The van der Waals surface area contributed by atoms with E-state index in [1.165, 1.54) is 5.69 Å². The van der Waals surface area contributed by atoms with Crippen molar-refractivity contribution in [2.45, 2.75) is 20.4 Å². The molecule has 3 rings (SSSR count). The van der Waals surface area contributed by atoms with Gasteiger partial charge in [-0.1, -0.05) is 24.3 Å². The summed E-state index contributed by atoms with van der Waals surface area (Å²) in [5.41, 5.74) is 4.55. The standard InChI is InChI=1S/C22H28N2O3/c1-17-5-4-6-21(18(17)2)27-16-22(25)23(3)15-19-7-9-20(10-8-19)24-11-13-26-14-12-24/h4-10H,11-16H2,1-3H3. The number of carbonyl (C=O) groups is 1. The van der Waals surface area contributed by atoms with Crippen molar-refractivity contribution in [2.24, 2.45) is 0 Å². The number of likely N-dealkylation sites (N-methyl/N-ethyl adjacent to an activating group) is 1. The van der Waals surface area contributed by atoms with Crippen LogP contribution in [0.4, 0.5) is 5.69 Å². The first-order chi connectivity index (χ1) is 13.0. The minimum Gasteiger partial charge on any atom is -0.483 e. The van der Waals surface area contributed by atoms with Crippen LogP contribution in [0.5, 0.6) is 5.75 Å². The van der Waals surface area contributed by atoms with Crippen LogP contribution in [0.25, 0.3) is 0 Å². The number of nitrogens with zero attached hydrogens (tertiary/aromatic N) is 2. The molecule has 27 heavy (non-hydrogen) atoms. The maximum absolute atomic E-state index is 12.4. The van der Waals surface area contributed by atoms with Crippen LogP contribution in [0, 0.1) is 13.8 Å². The van der Waals surface area contributed by atoms with Gasteiger partial charge in [0.25, 0.3) is 5.91 Å². The molecule has 5 heteroatoms. The molecule has 1 aliphatic heterocycles. The molecule has 0 radical (unpaired) electrons. The van der Waals surface area contributed by atoms with Gasteiger partial charge in [0.1, 0.15) is 5.75 Å². The fourth-order valence-electron chi connectivity index (χ4n) is 3.13. The number of hydrogen-bond donors (Lipinski definition) is 0. The third-order valence-electron chi connectivity index (χ3n) is 5.06. The Morgan fingerprint density at radius 3 is 2.52 bits per heavy atom. The fraction of sp³-hybridized carbons (Fsp3) is 0.409. The summed E-state index contributed by atoms with van der Waals surface area (Å²) in [6, 6.07) is 14.3. The van der Waals surface area contributed by atoms with E-state index in [9.17, 15) is 4.79 Å². The molecule has 144 valence electrons. The van der Waals surface area contributed by atoms with Crippen molar-refractivity contribution in [3.8, 4) is 5.75 Å². The molecule has 0 N–H and O–H groups in total. The quantitative estimate of drug-likeness (QED) is 0.785. The van der Waals surface area contributed by atoms with Gasteiger partial charge in [0.15, 0.2) is 6.61 Å². The van der Waals surface area contributed by atoms with Crippen LogP contribution < -0.4 is 9.64 Å². The lowest BCUT2D eigenvalue weighted by molar-refractivity contribution is -0.132. The smallest absolute Gasteiger partial charge is 0.260 e. The Balaban J connectivity index is 1.52. The summed E-state index contributed by atoms with van der Waals surface area (Å²) >= 11 is 0. The molecule has 0 aromatic heterocycles. The van der Waals surface area contributed by atoms with Gasteiger partial charge >= 0.3 is 0 Å². The molecular formula is C22H28N2O3. The summed E-state index contributed by atoms with van der Waals surface area (Å²) in [5, 5.41) is 0. The Kier molecular flexibility index (Phi) is 6.35. The van der Waals surface area contributed by atoms with Crippen molar-refractivity contribution in [3.05, 3.63) is 59.2 Å². The highest BCUT2D eigenvalue weighted by Gasteiger charge is 2.13. The number of ether oxygens (including phenoxy) is 2. The number of carbonyl (C=O) groups excluding carboxylic acids is 1. The lowest BCUT2D eigenvalue weighted by Crippen LogP contribution is -2.36. The summed E-state index contributed by atoms with van der Waals surface area (Å²) in [6.45, 7) is 8.07. The van der Waals surface area contributed by atoms with Crippen molar-refractivity contribution in [1.29, 1.82) is 0 Å². The topological polar surface area (TPSA) is 42.0 Å². The van der Waals surface area contributed by atoms with E-state index in [-0.39, 0.29) is 12.5 Å². The summed E-state index contributed by atoms with van der Waals surface area (Å²) in [7, 11) is 1.81. The van der Waals surface area contributed by atoms with E-state index >= 15 is 0 Å². The van der Waals surface area contributed by atoms with Crippen LogP contribution in [0.2, 0.25) is 0 Å². The van der Waals surface area contributed by atoms with Crippen LogP contribution >= 0.6 is 0 Å². The number of benzene rings is 2. The van der Waals surface area contributed by atoms with E-state index in [2.05, 4.69) is 29.2 Å². The summed E-state index contributed by atoms with van der Waals surface area (Å²) in [5.74, 6) is 0.736. The normalized spacial score (nSPS) is 14.1. The molecule has 0 saturated carbocycles. The molecular weight excluding hydrogens is 340 g/mol. The molecule has 1 heterocycles. The van der Waals surface area contributed by atoms with E-state index in [0.29, 0.717) is 6.54 Å². The van der Waals surface area contributed by atoms with Gasteiger partial charge in [0, 0.05) is 32.4 Å². The molecule has 0 aliphatic carbocycles. The van der Waals surface area contributed by atoms with E-state index in [4.69, 9.17) is 9.47 Å². The second-order valence-corrected chi connectivity index (χ2v) is 7.00. The lowest BCUT2D eigenvalue weighted by Gasteiger charge is -2.29. The number of hydrogen-bond acceptors (Lipinski definition) is 4. The zero-order valence-corrected chi connectivity index (χ0v) is 16.4. The second-order valence-electron chi connectivity index (χ2n) is 7.00. The fourth-order valence-corrected chi connectivity index (χ4v) is 3.13. The minimum absolute atomic E-state index is 0.0341. The van der Waals surface area contributed by atoms with Crippen LogP contribution in [-0.2, 0) is 16.1 Å². The van der Waals surface area contributed by atoms with Gasteiger partial charge in [-0.2, -0.15) is 0 Å². The average molecular weight is 368 g/mol. The largest absolute Gasteiger partial charge is 0.483 e. The number of rotatable bonds is 6. The van der Waals surface area contributed by atoms with Crippen molar-refractivity contribution in [3.63, 3.8) is 0 Å². The van der Waals surface area contributed by atoms with E-state index in [1.54, 1.807) is 4.90 Å². The zero-order chi connectivity index (χ0) is 19.2. The minimum atomic E-state index is -0.0341. The van der Waals surface area contributed by atoms with E-state index in [0.717, 1.165) is 48.7 Å². The predicted octanol–water partition coefficient (Wildman–Crippen LogP) is 3.18. The third-order valence-corrected chi connectivity index (χ3v) is 5.06. The molecule has 1 amide bonds. The Hall–Kier alpha value is -2.53. The van der Waals surface area contributed by atoms with Gasteiger partial charge in [-0.15, -0.1) is 0 Å². The van der Waals surface area contributed by atoms with Crippen LogP contribution in [0.3, 0.4) is 0 Å². The van der Waals surface area contributed by atoms with Crippen molar-refractivity contribution >= 4 is 11.6 Å². The third kappa shape index (κ3) is 5.01. The molecule has 1 aliphatic rings. The second kappa shape index (κ2) is 8.91. The van der Waals surface area contributed by atoms with Gasteiger partial charge in [-0.25, -0.2) is 0 Å². The molecule has 1 fully saturated rings. The highest BCUT2D eigenvalue weighted by atomic mass is 16.5. The Morgan fingerprint density at radius 2 is 1.81 bits per heavy atom. The highest BCUT2D eigenvalue weighted by molar-refractivity contribution is 5.77. The molecule has 5 nitrogen and oxygen atoms in total. The molecule has 0 bridgehead atoms. The van der Waals surface area contributed by atoms with E-state index in [1.807, 2.05) is 39.1 Å². The van der Waals surface area contributed by atoms with Crippen LogP contribution in [0.1, 0.15) is 16.7 Å². The van der Waals surface area contributed by atoms with E-state index < -0.39 is 0 Å². The van der Waals surface area contributed by atoms with Crippen LogP contribution in [0.15, 0.2) is 42.5 Å². The molecule has 2 aromatic carbocycles. The average Bonchev–Trinajstić information content (AvgIpc) is 2.70. The molecule has 1 saturated heterocycles. The van der Waals surface area contributed by atoms with Crippen molar-refractivity contribution < 1.29 is 14.3 Å². The molecule has 2 aromatic rings. The summed E-state index contributed by atoms with van der Waals surface area (Å²) in [6.07, 6.45) is 0. The van der Waals surface area contributed by atoms with Gasteiger partial charge in [-0.05, 0) is 48.7 Å². The van der Waals surface area contributed by atoms with Crippen molar-refractivity contribution in [2.75, 3.05) is 44.9 Å². The summed E-state index contributed by atoms with van der Waals surface area (Å²) < 4.78 is 11.1.